The lowest BCUT2D eigenvalue weighted by atomic mass is 10.0. The van der Waals surface area contributed by atoms with Crippen molar-refractivity contribution in [2.24, 2.45) is 34.8 Å². The van der Waals surface area contributed by atoms with Crippen molar-refractivity contribution >= 4 is 157 Å². The average molecular weight is 2150 g/mol. The van der Waals surface area contributed by atoms with Gasteiger partial charge in [-0.05, 0) is 184 Å². The Morgan fingerprint density at radius 3 is 1.66 bits per heavy atom. The summed E-state index contributed by atoms with van der Waals surface area (Å²) in [7, 11) is 1.93. The summed E-state index contributed by atoms with van der Waals surface area (Å²) in [6, 6.07) is -9.66. The number of carbonyl (C=O) groups excluding carboxylic acids is 18. The van der Waals surface area contributed by atoms with E-state index in [-0.39, 0.29) is 173 Å². The first kappa shape index (κ1) is 126. The Labute approximate surface area is 871 Å². The summed E-state index contributed by atoms with van der Waals surface area (Å²) >= 11 is 6.54. The maximum Gasteiger partial charge on any atom is 0.490 e. The molecular formula is C96H149ClF3N23O23S2. The number of carboxylic acids is 2. The Morgan fingerprint density at radius 1 is 0.561 bits per heavy atom. The minimum absolute atomic E-state index is 0. The van der Waals surface area contributed by atoms with E-state index in [0.717, 1.165) is 21.6 Å². The van der Waals surface area contributed by atoms with Crippen molar-refractivity contribution in [1.82, 2.24) is 94.0 Å². The van der Waals surface area contributed by atoms with Crippen LogP contribution in [-0.4, -0.2) is 332 Å². The quantitative estimate of drug-likeness (QED) is 0.0169. The SMILES string of the molecule is C.CCCC[C@@H]1NC(=O)[C@H](CCCCN)NC(=O)[C@H](CCCNC(=N)N)NC(=O)[C@H](CC(C)C)NC(=O)[C@@H](NC(=O)[C@H](Cc2cccc(Cl)c2)NC(=O)[C@@H]2CCCN2C(=O)[C@@H](NC(C)=O)C(C)C)CCSSCC(C(=O)N[C@@H](CCCCN)C(=O)N2CCC[C@H]2C(=O)N2CCC[C@H]2C(=O)N[C@@H](CCC(=O)O)C(N)=O)NC(=O)[C@H](Cc2ccccc2)NC(=O)[C@H](CO)NC(=O)[C@H](C)NC(=O)[C@@H]2CCCN2C1=O.O=C(O)C(F)(F)F. The summed E-state index contributed by atoms with van der Waals surface area (Å²) < 4.78 is 31.7. The summed E-state index contributed by atoms with van der Waals surface area (Å²) in [5.74, 6) is -21.0. The number of carboxylic acid groups (broad SMARTS) is 2. The fourth-order valence-corrected chi connectivity index (χ4v) is 19.9. The number of likely N-dealkylation sites (tertiary alicyclic amines) is 3. The number of halogens is 4. The number of primary amides is 1. The number of guanidine groups is 1. The van der Waals surface area contributed by atoms with Crippen LogP contribution in [0.4, 0.5) is 13.2 Å². The second-order valence-electron chi connectivity index (χ2n) is 37.6. The predicted molar refractivity (Wildman–Crippen MR) is 543 cm³/mol. The number of nitrogens with two attached hydrogens (primary N) is 4. The van der Waals surface area contributed by atoms with Crippen LogP contribution < -0.4 is 97.4 Å². The molecule has 2 aromatic carbocycles. The van der Waals surface area contributed by atoms with Crippen LogP contribution >= 0.6 is 33.2 Å². The molecule has 0 radical (unpaired) electrons. The zero-order valence-electron chi connectivity index (χ0n) is 83.8. The van der Waals surface area contributed by atoms with Crippen LogP contribution in [0.25, 0.3) is 0 Å². The van der Waals surface area contributed by atoms with E-state index in [1.807, 2.05) is 6.92 Å². The summed E-state index contributed by atoms with van der Waals surface area (Å²) in [5, 5.41) is 73.4. The van der Waals surface area contributed by atoms with E-state index in [0.29, 0.717) is 56.1 Å². The van der Waals surface area contributed by atoms with Gasteiger partial charge in [0.05, 0.1) is 6.61 Å². The van der Waals surface area contributed by atoms with Gasteiger partial charge in [0, 0.05) is 75.4 Å². The molecule has 26 N–H and O–H groups in total. The molecule has 46 nitrogen and oxygen atoms in total. The van der Waals surface area contributed by atoms with Gasteiger partial charge in [-0.2, -0.15) is 13.2 Å². The van der Waals surface area contributed by atoms with Crippen LogP contribution in [0.15, 0.2) is 54.6 Å². The monoisotopic (exact) mass is 2150 g/mol. The summed E-state index contributed by atoms with van der Waals surface area (Å²) in [4.78, 5) is 290. The molecule has 7 rings (SSSR count). The van der Waals surface area contributed by atoms with Gasteiger partial charge in [-0.3, -0.25) is 96.5 Å². The number of hydrogen-bond donors (Lipinski definition) is 22. The Hall–Kier alpha value is -12.2. The third-order valence-corrected chi connectivity index (χ3v) is 27.9. The van der Waals surface area contributed by atoms with E-state index in [9.17, 15) is 80.9 Å². The van der Waals surface area contributed by atoms with Crippen LogP contribution in [0.2, 0.25) is 5.02 Å². The largest absolute Gasteiger partial charge is 0.490 e. The minimum Gasteiger partial charge on any atom is -0.481 e. The van der Waals surface area contributed by atoms with Gasteiger partial charge in [0.15, 0.2) is 5.96 Å². The zero-order valence-corrected chi connectivity index (χ0v) is 86.2. The molecule has 5 fully saturated rings. The number of aliphatic hydroxyl groups is 1. The normalized spacial score (nSPS) is 23.3. The molecule has 0 aromatic heterocycles. The molecule has 1 unspecified atom stereocenters. The standard InChI is InChI=1S/C93H144ClN23O21S2.C2HF3O2.CH4/c1-8-9-27-63-89(135)114-41-19-31-70(114)86(132)101-54(6)77(123)112-68(50-118)84(130)110-66(48-56-23-11-10-12-24-56)83(129)113-69(85(131)108-64(29-14-16-39-96)90(136)117-44-22-34-73(117)91(137)115-42-20-32-71(115)87(133)103-59(76(97)122)35-36-74(120)121)51-140-139-45-37-62(80(126)109-65(46-52(2)3)81(127)105-61(30-18-40-100-93(98)99)78(124)104-60(79(125)107-63)28-13-15-38-95)106-82(128)67(49-57-25-17-26-58(94)47-57)111-88(134)72-33-21-43-116(72)92(138)75(53(4)5)102-55(7)119;3-2(4,5)1(6)7;/h10-12,17,23-26,47,52-54,59-73,75,118H,8-9,13-16,18-22,27-46,48-51,95-96H2,1-7H3,(H2,97,122)(H,101,132)(H,102,119)(H,103,133)(H,104,124)(H,105,127)(H,106,128)(H,107,125)(H,108,131)(H,109,126)(H,110,130)(H,111,134)(H,112,123)(H,113,129)(H,120,121)(H4,98,99,100);(H,6,7);1H4/t54-,59-,60-,61-,62-,63-,64-,65-,66-,67-,68-,69?,70-,71-,72-,73-,75-;;/m0../s1. The summed E-state index contributed by atoms with van der Waals surface area (Å²) in [6.45, 7) is 10.8. The van der Waals surface area contributed by atoms with Gasteiger partial charge in [-0.25, -0.2) is 4.79 Å². The highest BCUT2D eigenvalue weighted by Crippen LogP contribution is 2.31. The second-order valence-corrected chi connectivity index (χ2v) is 40.7. The number of aliphatic hydroxyl groups excluding tert-OH is 1. The molecular weight excluding hydrogens is 2000 g/mol. The lowest BCUT2D eigenvalue weighted by Crippen LogP contribution is -2.61. The van der Waals surface area contributed by atoms with Gasteiger partial charge in [0.25, 0.3) is 0 Å². The van der Waals surface area contributed by atoms with Crippen molar-refractivity contribution in [3.63, 3.8) is 0 Å². The molecule has 5 aliphatic heterocycles. The van der Waals surface area contributed by atoms with Gasteiger partial charge in [0.1, 0.15) is 103 Å². The number of fused-ring (bicyclic) bond motifs is 1. The molecule has 52 heteroatoms. The van der Waals surface area contributed by atoms with Crippen LogP contribution in [0.3, 0.4) is 0 Å². The third-order valence-electron chi connectivity index (χ3n) is 25.3. The molecule has 5 saturated heterocycles. The van der Waals surface area contributed by atoms with E-state index < -0.39 is 264 Å². The number of benzene rings is 2. The zero-order chi connectivity index (χ0) is 109. The Balaban J connectivity index is 0.00000463. The maximum absolute atomic E-state index is 15.7. The highest BCUT2D eigenvalue weighted by Gasteiger charge is 2.48. The van der Waals surface area contributed by atoms with Crippen molar-refractivity contribution in [3.8, 4) is 0 Å². The Bertz CT molecular complexity index is 4870. The molecule has 0 bridgehead atoms. The first-order valence-corrected chi connectivity index (χ1v) is 52.6. The molecule has 2 aromatic rings. The minimum atomic E-state index is -5.08. The molecule has 0 spiro atoms. The highest BCUT2D eigenvalue weighted by molar-refractivity contribution is 8.76. The van der Waals surface area contributed by atoms with Crippen molar-refractivity contribution in [2.75, 3.05) is 63.9 Å². The highest BCUT2D eigenvalue weighted by atomic mass is 35.5. The Morgan fingerprint density at radius 2 is 1.09 bits per heavy atom. The summed E-state index contributed by atoms with van der Waals surface area (Å²) in [6.07, 6.45) is -3.29. The van der Waals surface area contributed by atoms with E-state index >= 15 is 33.6 Å². The smallest absolute Gasteiger partial charge is 0.481 e. The van der Waals surface area contributed by atoms with E-state index in [1.165, 1.54) is 33.4 Å². The van der Waals surface area contributed by atoms with Gasteiger partial charge in [-0.1, -0.05) is 131 Å². The number of carbonyl (C=O) groups is 20. The van der Waals surface area contributed by atoms with Crippen LogP contribution in [0, 0.1) is 17.2 Å². The van der Waals surface area contributed by atoms with Gasteiger partial charge in [-0.15, -0.1) is 0 Å². The lowest BCUT2D eigenvalue weighted by Gasteiger charge is -2.33. The predicted octanol–water partition coefficient (Wildman–Crippen LogP) is -0.758. The van der Waals surface area contributed by atoms with E-state index in [4.69, 9.17) is 49.8 Å². The van der Waals surface area contributed by atoms with Crippen LogP contribution in [0.1, 0.15) is 215 Å². The third kappa shape index (κ3) is 41.0. The topological polar surface area (TPSA) is 711 Å². The molecule has 17 atom stereocenters. The number of unbranched alkanes of at least 4 members (excludes halogenated alkanes) is 3. The molecule has 0 saturated carbocycles. The first-order valence-electron chi connectivity index (χ1n) is 49.7. The second kappa shape index (κ2) is 63.6. The average Bonchev–Trinajstić information content (AvgIpc) is 1.65. The van der Waals surface area contributed by atoms with Crippen molar-refractivity contribution in [1.29, 1.82) is 5.41 Å². The molecule has 18 amide bonds. The maximum atomic E-state index is 15.7. The number of hydrogen-bond acceptors (Lipinski definition) is 26. The number of alkyl halides is 3. The number of aliphatic carboxylic acids is 2. The summed E-state index contributed by atoms with van der Waals surface area (Å²) in [5.41, 5.74) is 24.1. The molecule has 826 valence electrons. The van der Waals surface area contributed by atoms with Crippen molar-refractivity contribution < 1.29 is 124 Å². The fourth-order valence-electron chi connectivity index (χ4n) is 17.5. The van der Waals surface area contributed by atoms with E-state index in [1.54, 1.807) is 82.3 Å². The number of rotatable bonds is 39. The first-order chi connectivity index (χ1) is 69.6. The van der Waals surface area contributed by atoms with Crippen molar-refractivity contribution in [3.05, 3.63) is 70.7 Å². The Kier molecular flexibility index (Phi) is 54.2. The van der Waals surface area contributed by atoms with Crippen LogP contribution in [-0.2, 0) is 109 Å². The van der Waals surface area contributed by atoms with Crippen molar-refractivity contribution in [2.45, 2.75) is 325 Å². The number of nitrogens with zero attached hydrogens (tertiary/aromatic N) is 4. The van der Waals surface area contributed by atoms with Gasteiger partial charge < -0.3 is 132 Å². The molecule has 0 aliphatic carbocycles. The van der Waals surface area contributed by atoms with Gasteiger partial charge >= 0.3 is 18.1 Å². The fraction of sp³-hybridized carbons (Fsp3) is 0.656. The van der Waals surface area contributed by atoms with E-state index in [2.05, 4.69) is 74.4 Å². The number of amides is 18. The molecule has 5 aliphatic rings. The molecule has 148 heavy (non-hydrogen) atoms. The van der Waals surface area contributed by atoms with Gasteiger partial charge in [0.2, 0.25) is 106 Å². The number of nitrogens with one attached hydrogen (secondary N) is 15. The molecule has 5 heterocycles. The van der Waals surface area contributed by atoms with Crippen LogP contribution in [0.5, 0.6) is 0 Å². The lowest BCUT2D eigenvalue weighted by molar-refractivity contribution is -0.192.